The van der Waals surface area contributed by atoms with Gasteiger partial charge in [0, 0.05) is 42.5 Å². The molecule has 142 valence electrons. The van der Waals surface area contributed by atoms with Gasteiger partial charge in [0.15, 0.2) is 5.76 Å². The predicted octanol–water partition coefficient (Wildman–Crippen LogP) is 2.41. The Morgan fingerprint density at radius 1 is 1.15 bits per heavy atom. The zero-order valence-electron chi connectivity index (χ0n) is 15.3. The van der Waals surface area contributed by atoms with Crippen LogP contribution in [-0.4, -0.2) is 50.3 Å². The molecule has 6 heteroatoms. The number of furan rings is 1. The summed E-state index contributed by atoms with van der Waals surface area (Å²) < 4.78 is 11.3. The van der Waals surface area contributed by atoms with E-state index in [1.54, 1.807) is 6.07 Å². The Morgan fingerprint density at radius 2 is 2.04 bits per heavy atom. The molecular weight excluding hydrogens is 342 g/mol. The number of benzene rings is 1. The van der Waals surface area contributed by atoms with E-state index in [4.69, 9.17) is 9.15 Å². The molecule has 0 spiro atoms. The molecule has 2 bridgehead atoms. The molecule has 2 N–H and O–H groups in total. The summed E-state index contributed by atoms with van der Waals surface area (Å²) >= 11 is 0. The highest BCUT2D eigenvalue weighted by Crippen LogP contribution is 2.29. The molecule has 3 unspecified atom stereocenters. The molecule has 3 saturated heterocycles. The molecule has 6 nitrogen and oxygen atoms in total. The molecule has 3 atom stereocenters. The molecule has 0 radical (unpaired) electrons. The highest BCUT2D eigenvalue weighted by Gasteiger charge is 2.39. The van der Waals surface area contributed by atoms with Gasteiger partial charge in [0.05, 0.1) is 13.2 Å². The first-order chi connectivity index (χ1) is 13.3. The van der Waals surface area contributed by atoms with Crippen molar-refractivity contribution in [1.82, 2.24) is 10.6 Å². The number of hydrogen-bond acceptors (Lipinski definition) is 5. The van der Waals surface area contributed by atoms with E-state index in [9.17, 15) is 4.79 Å². The number of anilines is 1. The zero-order chi connectivity index (χ0) is 18.2. The van der Waals surface area contributed by atoms with Gasteiger partial charge in [0.1, 0.15) is 5.76 Å². The smallest absolute Gasteiger partial charge is 0.287 e. The van der Waals surface area contributed by atoms with Crippen LogP contribution in [-0.2, 0) is 4.74 Å². The lowest BCUT2D eigenvalue weighted by atomic mass is 9.95. The highest BCUT2D eigenvalue weighted by atomic mass is 16.5. The van der Waals surface area contributed by atoms with Crippen molar-refractivity contribution in [3.8, 4) is 11.3 Å². The van der Waals surface area contributed by atoms with Gasteiger partial charge in [0.25, 0.3) is 5.91 Å². The van der Waals surface area contributed by atoms with Crippen molar-refractivity contribution in [2.75, 3.05) is 31.2 Å². The van der Waals surface area contributed by atoms with Crippen molar-refractivity contribution in [2.45, 2.75) is 37.4 Å². The number of rotatable bonds is 4. The van der Waals surface area contributed by atoms with Gasteiger partial charge in [0.2, 0.25) is 0 Å². The van der Waals surface area contributed by atoms with Gasteiger partial charge in [-0.2, -0.15) is 0 Å². The SMILES string of the molecule is O=C(NC1CC2CCC1N2)c1ccc(-c2cccc(N3CCOCC3)c2)o1. The summed E-state index contributed by atoms with van der Waals surface area (Å²) in [6, 6.07) is 13.1. The second kappa shape index (κ2) is 7.02. The number of carbonyl (C=O) groups excluding carboxylic acids is 1. The Morgan fingerprint density at radius 3 is 2.81 bits per heavy atom. The van der Waals surface area contributed by atoms with Gasteiger partial charge < -0.3 is 24.7 Å². The molecule has 3 fully saturated rings. The summed E-state index contributed by atoms with van der Waals surface area (Å²) in [5.41, 5.74) is 2.14. The van der Waals surface area contributed by atoms with Gasteiger partial charge in [-0.05, 0) is 43.5 Å². The number of nitrogens with one attached hydrogen (secondary N) is 2. The standard InChI is InChI=1S/C21H25N3O3/c25-21(23-18-13-15-4-5-17(18)22-15)20-7-6-19(27-20)14-2-1-3-16(12-14)24-8-10-26-11-9-24/h1-3,6-7,12,15,17-18,22H,4-5,8-11,13H2,(H,23,25). The summed E-state index contributed by atoms with van der Waals surface area (Å²) in [4.78, 5) is 14.9. The van der Waals surface area contributed by atoms with E-state index in [2.05, 4.69) is 27.7 Å². The molecule has 1 aromatic carbocycles. The van der Waals surface area contributed by atoms with Crippen LogP contribution < -0.4 is 15.5 Å². The van der Waals surface area contributed by atoms with E-state index in [-0.39, 0.29) is 11.9 Å². The second-order valence-electron chi connectivity index (χ2n) is 7.68. The first kappa shape index (κ1) is 16.8. The summed E-state index contributed by atoms with van der Waals surface area (Å²) in [6.07, 6.45) is 3.39. The lowest BCUT2D eigenvalue weighted by molar-refractivity contribution is 0.0903. The summed E-state index contributed by atoms with van der Waals surface area (Å²) in [5.74, 6) is 0.982. The minimum Gasteiger partial charge on any atom is -0.451 e. The predicted molar refractivity (Wildman–Crippen MR) is 103 cm³/mol. The molecule has 4 heterocycles. The molecule has 1 aromatic heterocycles. The third kappa shape index (κ3) is 3.35. The van der Waals surface area contributed by atoms with Crippen LogP contribution >= 0.6 is 0 Å². The number of fused-ring (bicyclic) bond motifs is 2. The maximum absolute atomic E-state index is 12.6. The minimum atomic E-state index is -0.120. The number of amides is 1. The number of carbonyl (C=O) groups is 1. The fourth-order valence-electron chi connectivity index (χ4n) is 4.52. The van der Waals surface area contributed by atoms with Crippen LogP contribution in [0.1, 0.15) is 29.8 Å². The number of nitrogens with zero attached hydrogens (tertiary/aromatic N) is 1. The van der Waals surface area contributed by atoms with Crippen molar-refractivity contribution in [3.05, 3.63) is 42.2 Å². The third-order valence-corrected chi connectivity index (χ3v) is 5.95. The van der Waals surface area contributed by atoms with Gasteiger partial charge in [-0.3, -0.25) is 4.79 Å². The number of ether oxygens (including phenoxy) is 1. The lowest BCUT2D eigenvalue weighted by Crippen LogP contribution is -2.42. The monoisotopic (exact) mass is 367 g/mol. The molecule has 0 aliphatic carbocycles. The van der Waals surface area contributed by atoms with Gasteiger partial charge in [-0.1, -0.05) is 12.1 Å². The number of hydrogen-bond donors (Lipinski definition) is 2. The topological polar surface area (TPSA) is 66.7 Å². The first-order valence-electron chi connectivity index (χ1n) is 9.86. The highest BCUT2D eigenvalue weighted by molar-refractivity contribution is 5.92. The van der Waals surface area contributed by atoms with Crippen molar-refractivity contribution in [2.24, 2.45) is 0 Å². The second-order valence-corrected chi connectivity index (χ2v) is 7.68. The van der Waals surface area contributed by atoms with E-state index in [0.29, 0.717) is 17.8 Å². The molecule has 2 aromatic rings. The van der Waals surface area contributed by atoms with Crippen LogP contribution in [0.15, 0.2) is 40.8 Å². The average Bonchev–Trinajstić information content (AvgIpc) is 3.46. The Labute approximate surface area is 158 Å². The fourth-order valence-corrected chi connectivity index (χ4v) is 4.52. The number of morpholine rings is 1. The normalized spacial score (nSPS) is 27.1. The van der Waals surface area contributed by atoms with Gasteiger partial charge >= 0.3 is 0 Å². The molecule has 0 saturated carbocycles. The third-order valence-electron chi connectivity index (χ3n) is 5.95. The Balaban J connectivity index is 1.29. The Bertz CT molecular complexity index is 828. The molecular formula is C21H25N3O3. The molecule has 5 rings (SSSR count). The molecule has 3 aliphatic heterocycles. The van der Waals surface area contributed by atoms with E-state index in [1.807, 2.05) is 18.2 Å². The Kier molecular flexibility index (Phi) is 4.38. The fraction of sp³-hybridized carbons (Fsp3) is 0.476. The zero-order valence-corrected chi connectivity index (χ0v) is 15.3. The molecule has 1 amide bonds. The van der Waals surface area contributed by atoms with Crippen molar-refractivity contribution >= 4 is 11.6 Å². The first-order valence-corrected chi connectivity index (χ1v) is 9.86. The summed E-state index contributed by atoms with van der Waals surface area (Å²) in [7, 11) is 0. The van der Waals surface area contributed by atoms with Gasteiger partial charge in [-0.15, -0.1) is 0 Å². The van der Waals surface area contributed by atoms with Crippen LogP contribution in [0.5, 0.6) is 0 Å². The van der Waals surface area contributed by atoms with Gasteiger partial charge in [-0.25, -0.2) is 0 Å². The Hall–Kier alpha value is -2.31. The largest absolute Gasteiger partial charge is 0.451 e. The van der Waals surface area contributed by atoms with Crippen LogP contribution in [0.2, 0.25) is 0 Å². The van der Waals surface area contributed by atoms with Crippen molar-refractivity contribution in [1.29, 1.82) is 0 Å². The maximum atomic E-state index is 12.6. The van der Waals surface area contributed by atoms with Crippen LogP contribution in [0.3, 0.4) is 0 Å². The maximum Gasteiger partial charge on any atom is 0.287 e. The average molecular weight is 367 g/mol. The minimum absolute atomic E-state index is 0.120. The van der Waals surface area contributed by atoms with E-state index < -0.39 is 0 Å². The lowest BCUT2D eigenvalue weighted by Gasteiger charge is -2.29. The van der Waals surface area contributed by atoms with Crippen molar-refractivity contribution < 1.29 is 13.9 Å². The summed E-state index contributed by atoms with van der Waals surface area (Å²) in [6.45, 7) is 3.31. The summed E-state index contributed by atoms with van der Waals surface area (Å²) in [5, 5.41) is 6.68. The van der Waals surface area contributed by atoms with Crippen molar-refractivity contribution in [3.63, 3.8) is 0 Å². The van der Waals surface area contributed by atoms with E-state index in [0.717, 1.165) is 56.2 Å². The van der Waals surface area contributed by atoms with Crippen LogP contribution in [0.4, 0.5) is 5.69 Å². The van der Waals surface area contributed by atoms with E-state index >= 15 is 0 Å². The molecule has 27 heavy (non-hydrogen) atoms. The van der Waals surface area contributed by atoms with Crippen LogP contribution in [0, 0.1) is 0 Å². The quantitative estimate of drug-likeness (QED) is 0.869. The van der Waals surface area contributed by atoms with Crippen LogP contribution in [0.25, 0.3) is 11.3 Å². The van der Waals surface area contributed by atoms with E-state index in [1.165, 1.54) is 6.42 Å². The molecule has 3 aliphatic rings.